The molecule has 0 bridgehead atoms. The molecular weight excluding hydrogens is 1570 g/mol. The van der Waals surface area contributed by atoms with Crippen molar-refractivity contribution in [1.29, 1.82) is 0 Å². The summed E-state index contributed by atoms with van der Waals surface area (Å²) in [4.78, 5) is 18.2. The number of aromatic nitrogens is 12. The standard InChI is InChI=1S/C34H34N3S.C28H22N3S.C26H20N3S.C18H18N3S/c1-21(2)26-17-25(24-12-8-7-9-13-24)18-27(22(3)4)33(26)37-31-15-11-10-14-30(31)36(6)34(37)28-19-32-29(16-23(28)5)35-20-38-32;1-19-16-24-27(32-18-29-24)17-23(19)28-30(2)25-10-6-7-11-26(25)31(28)22-14-12-21(13-15-22)20-8-4-3-5-9-20;1-17-14-21-25(30-16-27-21)15-20(17)26-28(2)23-11-5-6-12-24(23)29(26)22-13-7-9-18-8-3-4-10-19(18)22;1-11-9-14-17(22-12(2)19-14)10-13(11)18-20(3)15-7-5-6-8-16(15)21(18)4/h7-22H,1-6H3;3-18H,1-2H3;3-16H,1-2H3;5-10H,1-4H3/q4*+1. The number of benzene rings is 14. The summed E-state index contributed by atoms with van der Waals surface area (Å²) in [7, 11) is 10.8. The molecule has 0 saturated heterocycles. The third kappa shape index (κ3) is 14.0. The first-order valence-corrected chi connectivity index (χ1v) is 45.0. The Morgan fingerprint density at radius 3 is 1.18 bits per heavy atom. The summed E-state index contributed by atoms with van der Waals surface area (Å²) in [6.45, 7) is 20.1. The second kappa shape index (κ2) is 32.4. The molecule has 0 amide bonds. The molecule has 0 atom stereocenters. The Morgan fingerprint density at radius 2 is 0.689 bits per heavy atom. The highest BCUT2D eigenvalue weighted by atomic mass is 32.1. The lowest BCUT2D eigenvalue weighted by molar-refractivity contribution is -0.634. The van der Waals surface area contributed by atoms with Gasteiger partial charge in [-0.1, -0.05) is 185 Å². The number of aryl methyl sites for hydroxylation is 10. The first-order valence-electron chi connectivity index (χ1n) is 41.5. The third-order valence-electron chi connectivity index (χ3n) is 24.1. The fraction of sp³-hybridized carbons (Fsp3) is 0.151. The van der Waals surface area contributed by atoms with Gasteiger partial charge in [0.25, 0.3) is 23.3 Å². The number of thiazole rings is 4. The number of imidazole rings is 4. The zero-order valence-electron chi connectivity index (χ0n) is 71.0. The second-order valence-electron chi connectivity index (χ2n) is 32.5. The highest BCUT2D eigenvalue weighted by molar-refractivity contribution is 7.18. The van der Waals surface area contributed by atoms with Crippen LogP contribution in [0.2, 0.25) is 0 Å². The maximum atomic E-state index is 4.60. The molecule has 0 aliphatic rings. The van der Waals surface area contributed by atoms with Crippen LogP contribution in [0.3, 0.4) is 0 Å². The van der Waals surface area contributed by atoms with Gasteiger partial charge in [0.1, 0.15) is 17.1 Å². The summed E-state index contributed by atoms with van der Waals surface area (Å²) in [6.07, 6.45) is 0. The summed E-state index contributed by atoms with van der Waals surface area (Å²) >= 11 is 6.85. The first-order chi connectivity index (χ1) is 59.3. The van der Waals surface area contributed by atoms with E-state index in [-0.39, 0.29) is 0 Å². The highest BCUT2D eigenvalue weighted by Crippen LogP contribution is 2.43. The minimum Gasteiger partial charge on any atom is -0.245 e. The van der Waals surface area contributed by atoms with Crippen LogP contribution in [0.25, 0.3) is 181 Å². The molecule has 122 heavy (non-hydrogen) atoms. The van der Waals surface area contributed by atoms with Crippen LogP contribution in [0, 0.1) is 34.6 Å². The van der Waals surface area contributed by atoms with Gasteiger partial charge in [-0.15, -0.1) is 45.3 Å². The molecule has 22 aromatic rings. The molecule has 0 N–H and O–H groups in total. The van der Waals surface area contributed by atoms with Gasteiger partial charge in [0.15, 0.2) is 44.1 Å². The van der Waals surface area contributed by atoms with Crippen molar-refractivity contribution in [2.75, 3.05) is 0 Å². The van der Waals surface area contributed by atoms with E-state index in [4.69, 9.17) is 0 Å². The zero-order valence-corrected chi connectivity index (χ0v) is 74.3. The lowest BCUT2D eigenvalue weighted by Gasteiger charge is -2.21. The monoisotopic (exact) mass is 1660 g/mol. The first kappa shape index (κ1) is 78.6. The summed E-state index contributed by atoms with van der Waals surface area (Å²) in [5, 5.41) is 3.61. The third-order valence-corrected chi connectivity index (χ3v) is 27.4. The fourth-order valence-corrected chi connectivity index (χ4v) is 21.0. The molecule has 0 fully saturated rings. The molecule has 0 spiro atoms. The van der Waals surface area contributed by atoms with E-state index in [1.807, 2.05) is 16.5 Å². The van der Waals surface area contributed by atoms with Gasteiger partial charge in [0, 0.05) is 16.5 Å². The van der Waals surface area contributed by atoms with E-state index in [2.05, 4.69) is 439 Å². The van der Waals surface area contributed by atoms with E-state index in [0.717, 1.165) is 32.8 Å². The van der Waals surface area contributed by atoms with Crippen LogP contribution < -0.4 is 18.3 Å². The van der Waals surface area contributed by atoms with Crippen molar-refractivity contribution in [1.82, 2.24) is 38.2 Å². The molecule has 14 aromatic carbocycles. The molecule has 16 heteroatoms. The van der Waals surface area contributed by atoms with Gasteiger partial charge in [0.05, 0.1) is 120 Å². The Kier molecular flexibility index (Phi) is 20.9. The van der Waals surface area contributed by atoms with Crippen LogP contribution in [-0.4, -0.2) is 38.2 Å². The van der Waals surface area contributed by atoms with Crippen molar-refractivity contribution >= 4 is 141 Å². The van der Waals surface area contributed by atoms with Crippen molar-refractivity contribution in [2.45, 2.75) is 74.1 Å². The molecule has 8 aromatic heterocycles. The average molecular weight is 1660 g/mol. The van der Waals surface area contributed by atoms with E-state index < -0.39 is 0 Å². The number of fused-ring (bicyclic) bond motifs is 9. The number of nitrogens with zero attached hydrogens (tertiary/aromatic N) is 12. The SMILES string of the molecule is Cc1cc2ncsc2cc1-c1n(-c2c(C(C)C)cc(-c3ccccc3)cc2C(C)C)c2ccccc2[n+]1C.Cc1cc2ncsc2cc1-c1n(-c2ccc(-c3ccccc3)cc2)c2ccccc2[n+]1C.Cc1cc2ncsc2cc1-c1n(-c2cccc3ccccc23)c2ccccc2[n+]1C.Cc1nc2cc(C)c(-c3n(C)c4ccccc4[n+]3C)cc2s1. The Labute approximate surface area is 726 Å². The lowest BCUT2D eigenvalue weighted by atomic mass is 9.88. The molecule has 0 saturated carbocycles. The molecule has 12 nitrogen and oxygen atoms in total. The van der Waals surface area contributed by atoms with Gasteiger partial charge in [-0.2, -0.15) is 13.7 Å². The van der Waals surface area contributed by atoms with Gasteiger partial charge < -0.3 is 0 Å². The zero-order chi connectivity index (χ0) is 83.9. The molecule has 22 rings (SSSR count). The van der Waals surface area contributed by atoms with E-state index >= 15 is 0 Å². The summed E-state index contributed by atoms with van der Waals surface area (Å²) in [6, 6.07) is 103. The maximum absolute atomic E-state index is 4.60. The average Bonchev–Trinajstić information content (AvgIpc) is 1.57. The lowest BCUT2D eigenvalue weighted by Crippen LogP contribution is -2.30. The summed E-state index contributed by atoms with van der Waals surface area (Å²) in [5.74, 6) is 5.50. The predicted molar refractivity (Wildman–Crippen MR) is 512 cm³/mol. The topological polar surface area (TPSA) is 86.8 Å². The van der Waals surface area contributed by atoms with E-state index in [1.54, 1.807) is 45.3 Å². The van der Waals surface area contributed by atoms with Gasteiger partial charge in [-0.25, -0.2) is 42.8 Å². The summed E-state index contributed by atoms with van der Waals surface area (Å²) < 4.78 is 23.7. The predicted octanol–water partition coefficient (Wildman–Crippen LogP) is 25.8. The van der Waals surface area contributed by atoms with E-state index in [9.17, 15) is 0 Å². The van der Waals surface area contributed by atoms with Crippen molar-refractivity contribution in [3.05, 3.63) is 340 Å². The normalized spacial score (nSPS) is 11.7. The quantitative estimate of drug-likeness (QED) is 0.121. The Balaban J connectivity index is 0.000000109. The number of rotatable bonds is 11. The maximum Gasteiger partial charge on any atom is 0.295 e. The van der Waals surface area contributed by atoms with Gasteiger partial charge >= 0.3 is 0 Å². The van der Waals surface area contributed by atoms with Gasteiger partial charge in [0.2, 0.25) is 0 Å². The molecule has 598 valence electrons. The van der Waals surface area contributed by atoms with Crippen LogP contribution in [-0.2, 0) is 35.2 Å². The van der Waals surface area contributed by atoms with Crippen LogP contribution in [0.5, 0.6) is 0 Å². The van der Waals surface area contributed by atoms with Crippen LogP contribution >= 0.6 is 45.3 Å². The largest absolute Gasteiger partial charge is 0.295 e. The molecular formula is C106H94N12S4+4. The molecule has 0 aliphatic carbocycles. The Hall–Kier alpha value is -13.2. The second-order valence-corrected chi connectivity index (χ2v) is 36.4. The van der Waals surface area contributed by atoms with Crippen molar-refractivity contribution < 1.29 is 18.3 Å². The van der Waals surface area contributed by atoms with Crippen molar-refractivity contribution in [3.63, 3.8) is 0 Å². The Morgan fingerprint density at radius 1 is 0.320 bits per heavy atom. The smallest absolute Gasteiger partial charge is 0.245 e. The molecule has 0 aliphatic heterocycles. The van der Waals surface area contributed by atoms with Crippen LogP contribution in [0.15, 0.2) is 302 Å². The highest BCUT2D eigenvalue weighted by Gasteiger charge is 2.35. The molecule has 0 unspecified atom stereocenters. The minimum atomic E-state index is 0.357. The van der Waals surface area contributed by atoms with Gasteiger partial charge in [-0.05, 0) is 224 Å². The van der Waals surface area contributed by atoms with Crippen LogP contribution in [0.4, 0.5) is 0 Å². The van der Waals surface area contributed by atoms with Crippen molar-refractivity contribution in [3.8, 4) is 84.9 Å². The summed E-state index contributed by atoms with van der Waals surface area (Å²) in [5.41, 5.74) is 41.2. The van der Waals surface area contributed by atoms with Gasteiger partial charge in [-0.3, -0.25) is 0 Å². The van der Waals surface area contributed by atoms with E-state index in [1.165, 1.54) is 186 Å². The van der Waals surface area contributed by atoms with Crippen molar-refractivity contribution in [2.24, 2.45) is 35.2 Å². The number of hydrogen-bond donors (Lipinski definition) is 0. The van der Waals surface area contributed by atoms with Crippen LogP contribution in [0.1, 0.15) is 77.9 Å². The Bertz CT molecular complexity index is 7700. The number of hydrogen-bond acceptors (Lipinski definition) is 8. The minimum absolute atomic E-state index is 0.357. The number of para-hydroxylation sites is 8. The fourth-order valence-electron chi connectivity index (χ4n) is 18.1. The van der Waals surface area contributed by atoms with E-state index in [0.29, 0.717) is 11.8 Å². The molecule has 0 radical (unpaired) electrons. The molecule has 8 heterocycles.